The summed E-state index contributed by atoms with van der Waals surface area (Å²) in [7, 11) is 4.11. The Bertz CT molecular complexity index is 1140. The largest absolute Gasteiger partial charge is 0.447 e. The third-order valence-electron chi connectivity index (χ3n) is 5.78. The van der Waals surface area contributed by atoms with Gasteiger partial charge in [0.05, 0.1) is 5.02 Å². The molecule has 4 rings (SSSR count). The molecule has 0 bridgehead atoms. The first kappa shape index (κ1) is 22.0. The van der Waals surface area contributed by atoms with Crippen molar-refractivity contribution in [3.8, 4) is 0 Å². The molecular weight excluding hydrogens is 432 g/mol. The summed E-state index contributed by atoms with van der Waals surface area (Å²) >= 11 is 5.85. The molecule has 9 nitrogen and oxygen atoms in total. The Hall–Kier alpha value is -3.17. The van der Waals surface area contributed by atoms with Crippen LogP contribution in [0.15, 0.2) is 34.9 Å². The molecule has 1 aliphatic rings. The third kappa shape index (κ3) is 4.68. The summed E-state index contributed by atoms with van der Waals surface area (Å²) in [5, 5.41) is 5.99. The second-order valence-corrected chi connectivity index (χ2v) is 8.60. The molecule has 10 heteroatoms. The molecule has 0 radical (unpaired) electrons. The van der Waals surface area contributed by atoms with E-state index in [1.807, 2.05) is 0 Å². The van der Waals surface area contributed by atoms with Crippen LogP contribution in [0.1, 0.15) is 36.2 Å². The van der Waals surface area contributed by atoms with E-state index in [2.05, 4.69) is 39.6 Å². The molecule has 0 atom stereocenters. The lowest BCUT2D eigenvalue weighted by Crippen LogP contribution is -2.35. The molecule has 1 saturated carbocycles. The fraction of sp³-hybridized carbons (Fsp3) is 0.364. The molecule has 0 aromatic carbocycles. The highest BCUT2D eigenvalue weighted by molar-refractivity contribution is 6.30. The van der Waals surface area contributed by atoms with Gasteiger partial charge in [0.2, 0.25) is 11.7 Å². The van der Waals surface area contributed by atoms with E-state index in [0.717, 1.165) is 25.7 Å². The molecule has 3 aromatic rings. The minimum atomic E-state index is -0.567. The maximum absolute atomic E-state index is 13.1. The van der Waals surface area contributed by atoms with Crippen molar-refractivity contribution in [1.29, 1.82) is 0 Å². The van der Waals surface area contributed by atoms with Crippen LogP contribution in [0.3, 0.4) is 0 Å². The van der Waals surface area contributed by atoms with Crippen molar-refractivity contribution in [2.45, 2.75) is 31.7 Å². The number of halogens is 1. The smallest absolute Gasteiger partial charge is 0.294 e. The molecule has 4 N–H and O–H groups in total. The van der Waals surface area contributed by atoms with Gasteiger partial charge in [-0.25, -0.2) is 9.97 Å². The number of carbonyl (C=O) groups is 2. The number of nitrogens with zero attached hydrogens (tertiary/aromatic N) is 3. The lowest BCUT2D eigenvalue weighted by Gasteiger charge is -2.31. The quantitative estimate of drug-likeness (QED) is 0.533. The molecule has 32 heavy (non-hydrogen) atoms. The second kappa shape index (κ2) is 9.13. The number of rotatable bonds is 5. The lowest BCUT2D eigenvalue weighted by atomic mass is 9.85. The number of anilines is 3. The summed E-state index contributed by atoms with van der Waals surface area (Å²) in [6.07, 6.45) is 4.85. The molecule has 168 valence electrons. The summed E-state index contributed by atoms with van der Waals surface area (Å²) in [5.74, 6) is -0.384. The number of nitrogens with one attached hydrogen (secondary N) is 2. The van der Waals surface area contributed by atoms with Gasteiger partial charge in [-0.2, -0.15) is 0 Å². The fourth-order valence-corrected chi connectivity index (χ4v) is 4.08. The number of amides is 2. The van der Waals surface area contributed by atoms with Gasteiger partial charge in [-0.05, 0) is 64.0 Å². The van der Waals surface area contributed by atoms with Crippen molar-refractivity contribution in [2.75, 3.05) is 30.5 Å². The zero-order valence-electron chi connectivity index (χ0n) is 17.9. The predicted molar refractivity (Wildman–Crippen MR) is 124 cm³/mol. The Morgan fingerprint density at radius 2 is 1.88 bits per heavy atom. The van der Waals surface area contributed by atoms with Crippen LogP contribution in [0, 0.1) is 5.92 Å². The van der Waals surface area contributed by atoms with Gasteiger partial charge < -0.3 is 25.7 Å². The van der Waals surface area contributed by atoms with Crippen LogP contribution in [0.25, 0.3) is 11.1 Å². The van der Waals surface area contributed by atoms with Crippen LogP contribution in [0.5, 0.6) is 0 Å². The fourth-order valence-electron chi connectivity index (χ4n) is 3.97. The molecule has 3 aromatic heterocycles. The molecule has 1 fully saturated rings. The zero-order valence-corrected chi connectivity index (χ0v) is 18.6. The van der Waals surface area contributed by atoms with E-state index in [4.69, 9.17) is 21.8 Å². The SMILES string of the molecule is CN(C)[C@H]1CC[C@H](C(=O)Nc2c(C(=O)Nc3ccc(Cl)cn3)oc3ccc(N)nc23)CC1. The Balaban J connectivity index is 1.59. The average Bonchev–Trinajstić information content (AvgIpc) is 3.13. The molecule has 1 aliphatic carbocycles. The van der Waals surface area contributed by atoms with E-state index >= 15 is 0 Å². The topological polar surface area (TPSA) is 126 Å². The minimum Gasteiger partial charge on any atom is -0.447 e. The van der Waals surface area contributed by atoms with Gasteiger partial charge in [0.15, 0.2) is 5.58 Å². The van der Waals surface area contributed by atoms with Crippen molar-refractivity contribution in [3.63, 3.8) is 0 Å². The van der Waals surface area contributed by atoms with Gasteiger partial charge in [0, 0.05) is 18.2 Å². The van der Waals surface area contributed by atoms with E-state index < -0.39 is 5.91 Å². The summed E-state index contributed by atoms with van der Waals surface area (Å²) in [6, 6.07) is 6.84. The van der Waals surface area contributed by atoms with Crippen LogP contribution < -0.4 is 16.4 Å². The maximum atomic E-state index is 13.1. The van der Waals surface area contributed by atoms with Crippen LogP contribution in [-0.2, 0) is 4.79 Å². The normalized spacial score (nSPS) is 18.6. The average molecular weight is 457 g/mol. The summed E-state index contributed by atoms with van der Waals surface area (Å²) < 4.78 is 5.74. The summed E-state index contributed by atoms with van der Waals surface area (Å²) in [6.45, 7) is 0. The monoisotopic (exact) mass is 456 g/mol. The van der Waals surface area contributed by atoms with Gasteiger partial charge in [0.25, 0.3) is 5.91 Å². The first-order valence-electron chi connectivity index (χ1n) is 10.4. The van der Waals surface area contributed by atoms with Gasteiger partial charge in [-0.15, -0.1) is 0 Å². The number of hydrogen-bond acceptors (Lipinski definition) is 7. The van der Waals surface area contributed by atoms with Crippen LogP contribution in [-0.4, -0.2) is 46.8 Å². The maximum Gasteiger partial charge on any atom is 0.294 e. The highest BCUT2D eigenvalue weighted by Crippen LogP contribution is 2.33. The molecule has 0 spiro atoms. The van der Waals surface area contributed by atoms with E-state index in [9.17, 15) is 9.59 Å². The first-order chi connectivity index (χ1) is 15.3. The molecule has 3 heterocycles. The number of aromatic nitrogens is 2. The Morgan fingerprint density at radius 3 is 2.53 bits per heavy atom. The molecular formula is C22H25ClN6O3. The second-order valence-electron chi connectivity index (χ2n) is 8.16. The van der Waals surface area contributed by atoms with Crippen LogP contribution >= 0.6 is 11.6 Å². The molecule has 0 saturated heterocycles. The third-order valence-corrected chi connectivity index (χ3v) is 6.00. The number of nitrogens with two attached hydrogens (primary N) is 1. The minimum absolute atomic E-state index is 0.0647. The number of nitrogen functional groups attached to an aromatic ring is 1. The number of fused-ring (bicyclic) bond motifs is 1. The predicted octanol–water partition coefficient (Wildman–Crippen LogP) is 3.77. The van der Waals surface area contributed by atoms with E-state index in [1.54, 1.807) is 24.3 Å². The van der Waals surface area contributed by atoms with Gasteiger partial charge in [-0.3, -0.25) is 9.59 Å². The highest BCUT2D eigenvalue weighted by Gasteiger charge is 2.30. The van der Waals surface area contributed by atoms with E-state index in [1.165, 1.54) is 6.20 Å². The molecule has 0 aliphatic heterocycles. The number of carbonyl (C=O) groups excluding carboxylic acids is 2. The Kier molecular flexibility index (Phi) is 6.29. The number of furan rings is 1. The summed E-state index contributed by atoms with van der Waals surface area (Å²) in [4.78, 5) is 36.6. The molecule has 0 unspecified atom stereocenters. The first-order valence-corrected chi connectivity index (χ1v) is 10.8. The van der Waals surface area contributed by atoms with E-state index in [-0.39, 0.29) is 29.1 Å². The Morgan fingerprint density at radius 1 is 1.12 bits per heavy atom. The van der Waals surface area contributed by atoms with Gasteiger partial charge >= 0.3 is 0 Å². The molecule has 2 amide bonds. The van der Waals surface area contributed by atoms with Crippen LogP contribution in [0.2, 0.25) is 5.02 Å². The van der Waals surface area contributed by atoms with Crippen molar-refractivity contribution < 1.29 is 14.0 Å². The highest BCUT2D eigenvalue weighted by atomic mass is 35.5. The Labute approximate surface area is 190 Å². The number of pyridine rings is 2. The van der Waals surface area contributed by atoms with E-state index in [0.29, 0.717) is 28.0 Å². The van der Waals surface area contributed by atoms with Gasteiger partial charge in [-0.1, -0.05) is 11.6 Å². The summed E-state index contributed by atoms with van der Waals surface area (Å²) in [5.41, 5.74) is 6.72. The zero-order chi connectivity index (χ0) is 22.8. The van der Waals surface area contributed by atoms with Crippen molar-refractivity contribution in [2.24, 2.45) is 5.92 Å². The number of hydrogen-bond donors (Lipinski definition) is 3. The van der Waals surface area contributed by atoms with Crippen molar-refractivity contribution >= 4 is 51.8 Å². The van der Waals surface area contributed by atoms with Gasteiger partial charge in [0.1, 0.15) is 22.8 Å². The van der Waals surface area contributed by atoms with Crippen molar-refractivity contribution in [3.05, 3.63) is 41.2 Å². The lowest BCUT2D eigenvalue weighted by molar-refractivity contribution is -0.121. The standard InChI is InChI=1S/C22H25ClN6O3/c1-29(2)14-6-3-12(4-7-14)21(30)28-19-18-15(8-9-16(24)26-18)32-20(19)22(31)27-17-10-5-13(23)11-25-17/h5,8-12,14H,3-4,6-7H2,1-2H3,(H2,24,26)(H,28,30)(H,25,27,31)/t12-,14-. The van der Waals surface area contributed by atoms with Crippen LogP contribution in [0.4, 0.5) is 17.3 Å². The van der Waals surface area contributed by atoms with Crippen molar-refractivity contribution in [1.82, 2.24) is 14.9 Å².